The number of hydrogen-bond donors (Lipinski definition) is 0. The van der Waals surface area contributed by atoms with Gasteiger partial charge in [0.05, 0.1) is 22.1 Å². The highest BCUT2D eigenvalue weighted by atomic mass is 16.6. The molecule has 0 amide bonds. The average Bonchev–Trinajstić information content (AvgIpc) is 2.66. The van der Waals surface area contributed by atoms with Crippen LogP contribution >= 0.6 is 0 Å². The lowest BCUT2D eigenvalue weighted by Gasteiger charge is -2.13. The van der Waals surface area contributed by atoms with Crippen molar-refractivity contribution in [3.8, 4) is 17.2 Å². The number of nitriles is 1. The Labute approximate surface area is 149 Å². The van der Waals surface area contributed by atoms with Crippen LogP contribution in [0.1, 0.15) is 25.3 Å². The standard InChI is InChI=1S/C19H16N4O3/c1-2-3-10-22-18-15(8-5-9-21-18)16(17(19(22)24)23(25)26)14-7-4-6-13(11-14)12-20/h4-9,11H,2-3,10H2,1H3. The molecule has 0 N–H and O–H groups in total. The number of benzene rings is 1. The molecule has 3 aromatic rings. The highest BCUT2D eigenvalue weighted by Gasteiger charge is 2.27. The Hall–Kier alpha value is -3.53. The van der Waals surface area contributed by atoms with Gasteiger partial charge in [0.2, 0.25) is 0 Å². The van der Waals surface area contributed by atoms with Crippen LogP contribution in [0.2, 0.25) is 0 Å². The third-order valence-corrected chi connectivity index (χ3v) is 4.19. The van der Waals surface area contributed by atoms with Crippen molar-refractivity contribution in [2.45, 2.75) is 26.3 Å². The maximum absolute atomic E-state index is 12.9. The average molecular weight is 348 g/mol. The first-order valence-corrected chi connectivity index (χ1v) is 8.25. The van der Waals surface area contributed by atoms with Crippen LogP contribution in [0.4, 0.5) is 5.69 Å². The molecule has 0 radical (unpaired) electrons. The molecule has 7 nitrogen and oxygen atoms in total. The van der Waals surface area contributed by atoms with Crippen molar-refractivity contribution in [2.75, 3.05) is 0 Å². The first-order chi connectivity index (χ1) is 12.6. The molecule has 0 saturated heterocycles. The van der Waals surface area contributed by atoms with E-state index in [4.69, 9.17) is 5.26 Å². The van der Waals surface area contributed by atoms with Gasteiger partial charge in [-0.05, 0) is 36.2 Å². The van der Waals surface area contributed by atoms with Gasteiger partial charge in [-0.2, -0.15) is 5.26 Å². The van der Waals surface area contributed by atoms with Gasteiger partial charge in [-0.3, -0.25) is 19.5 Å². The summed E-state index contributed by atoms with van der Waals surface area (Å²) in [4.78, 5) is 28.3. The lowest BCUT2D eigenvalue weighted by atomic mass is 9.99. The maximum Gasteiger partial charge on any atom is 0.342 e. The molecule has 0 bridgehead atoms. The molecule has 0 spiro atoms. The van der Waals surface area contributed by atoms with Crippen LogP contribution in [-0.2, 0) is 6.54 Å². The number of hydrogen-bond acceptors (Lipinski definition) is 5. The molecular weight excluding hydrogens is 332 g/mol. The van der Waals surface area contributed by atoms with Crippen molar-refractivity contribution >= 4 is 16.7 Å². The van der Waals surface area contributed by atoms with Gasteiger partial charge in [0, 0.05) is 18.1 Å². The van der Waals surface area contributed by atoms with Crippen molar-refractivity contribution in [1.29, 1.82) is 5.26 Å². The molecule has 0 unspecified atom stereocenters. The lowest BCUT2D eigenvalue weighted by molar-refractivity contribution is -0.385. The molecule has 26 heavy (non-hydrogen) atoms. The zero-order chi connectivity index (χ0) is 18.7. The number of aromatic nitrogens is 2. The fraction of sp³-hybridized carbons (Fsp3) is 0.211. The number of rotatable bonds is 5. The van der Waals surface area contributed by atoms with Gasteiger partial charge < -0.3 is 0 Å². The lowest BCUT2D eigenvalue weighted by Crippen LogP contribution is -2.25. The molecule has 1 aromatic carbocycles. The number of unbranched alkanes of at least 4 members (excludes halogenated alkanes) is 1. The van der Waals surface area contributed by atoms with Crippen LogP contribution in [0.25, 0.3) is 22.2 Å². The van der Waals surface area contributed by atoms with Gasteiger partial charge in [0.25, 0.3) is 0 Å². The third kappa shape index (κ3) is 2.93. The second-order valence-electron chi connectivity index (χ2n) is 5.86. The zero-order valence-corrected chi connectivity index (χ0v) is 14.2. The SMILES string of the molecule is CCCCn1c(=O)c([N+](=O)[O-])c(-c2cccc(C#N)c2)c2cccnc21. The third-order valence-electron chi connectivity index (χ3n) is 4.19. The van der Waals surface area contributed by atoms with E-state index in [-0.39, 0.29) is 5.56 Å². The maximum atomic E-state index is 12.9. The van der Waals surface area contributed by atoms with Crippen molar-refractivity contribution < 1.29 is 4.92 Å². The van der Waals surface area contributed by atoms with Gasteiger partial charge in [0.15, 0.2) is 0 Å². The number of nitro groups is 1. The van der Waals surface area contributed by atoms with Gasteiger partial charge in [-0.25, -0.2) is 4.98 Å². The van der Waals surface area contributed by atoms with Crippen molar-refractivity contribution in [2.24, 2.45) is 0 Å². The van der Waals surface area contributed by atoms with Gasteiger partial charge >= 0.3 is 11.2 Å². The highest BCUT2D eigenvalue weighted by molar-refractivity contribution is 5.97. The van der Waals surface area contributed by atoms with Crippen LogP contribution in [0.3, 0.4) is 0 Å². The topological polar surface area (TPSA) is 102 Å². The predicted octanol–water partition coefficient (Wildman–Crippen LogP) is 3.64. The van der Waals surface area contributed by atoms with Gasteiger partial charge in [0.1, 0.15) is 5.65 Å². The first kappa shape index (κ1) is 17.3. The summed E-state index contributed by atoms with van der Waals surface area (Å²) in [7, 11) is 0. The smallest absolute Gasteiger partial charge is 0.287 e. The minimum absolute atomic E-state index is 0.202. The number of pyridine rings is 2. The molecule has 7 heteroatoms. The number of nitrogens with zero attached hydrogens (tertiary/aromatic N) is 4. The molecule has 0 aliphatic heterocycles. The summed E-state index contributed by atoms with van der Waals surface area (Å²) in [5.74, 6) is 0. The van der Waals surface area contributed by atoms with Crippen LogP contribution in [0, 0.1) is 21.4 Å². The largest absolute Gasteiger partial charge is 0.342 e. The minimum Gasteiger partial charge on any atom is -0.287 e. The van der Waals surface area contributed by atoms with Crippen LogP contribution in [-0.4, -0.2) is 14.5 Å². The predicted molar refractivity (Wildman–Crippen MR) is 97.7 cm³/mol. The Bertz CT molecular complexity index is 1100. The Morgan fingerprint density at radius 2 is 2.12 bits per heavy atom. The summed E-state index contributed by atoms with van der Waals surface area (Å²) >= 11 is 0. The molecule has 0 atom stereocenters. The van der Waals surface area contributed by atoms with E-state index < -0.39 is 16.2 Å². The zero-order valence-electron chi connectivity index (χ0n) is 14.2. The molecule has 2 aromatic heterocycles. The van der Waals surface area contributed by atoms with E-state index in [1.807, 2.05) is 13.0 Å². The second-order valence-corrected chi connectivity index (χ2v) is 5.86. The van der Waals surface area contributed by atoms with Crippen LogP contribution < -0.4 is 5.56 Å². The molecule has 0 saturated carbocycles. The fourth-order valence-corrected chi connectivity index (χ4v) is 3.00. The van der Waals surface area contributed by atoms with Gasteiger partial charge in [-0.15, -0.1) is 0 Å². The van der Waals surface area contributed by atoms with Crippen molar-refractivity contribution in [3.05, 3.63) is 68.6 Å². The Morgan fingerprint density at radius 1 is 1.31 bits per heavy atom. The highest BCUT2D eigenvalue weighted by Crippen LogP contribution is 2.34. The summed E-state index contributed by atoms with van der Waals surface area (Å²) in [6.07, 6.45) is 3.12. The van der Waals surface area contributed by atoms with Crippen molar-refractivity contribution in [3.63, 3.8) is 0 Å². The first-order valence-electron chi connectivity index (χ1n) is 8.25. The Kier molecular flexibility index (Phi) is 4.76. The number of fused-ring (bicyclic) bond motifs is 1. The fourth-order valence-electron chi connectivity index (χ4n) is 3.00. The summed E-state index contributed by atoms with van der Waals surface area (Å²) in [5, 5.41) is 21.4. The van der Waals surface area contributed by atoms with E-state index in [9.17, 15) is 14.9 Å². The monoisotopic (exact) mass is 348 g/mol. The van der Waals surface area contributed by atoms with E-state index in [0.717, 1.165) is 6.42 Å². The minimum atomic E-state index is -0.674. The molecule has 0 aliphatic rings. The van der Waals surface area contributed by atoms with E-state index >= 15 is 0 Å². The quantitative estimate of drug-likeness (QED) is 0.517. The summed E-state index contributed by atoms with van der Waals surface area (Å²) in [6, 6.07) is 11.9. The van der Waals surface area contributed by atoms with E-state index in [0.29, 0.717) is 35.1 Å². The van der Waals surface area contributed by atoms with E-state index in [2.05, 4.69) is 4.98 Å². The molecule has 2 heterocycles. The normalized spacial score (nSPS) is 10.6. The Balaban J connectivity index is 2.46. The van der Waals surface area contributed by atoms with Crippen molar-refractivity contribution in [1.82, 2.24) is 9.55 Å². The van der Waals surface area contributed by atoms with Crippen LogP contribution in [0.15, 0.2) is 47.4 Å². The summed E-state index contributed by atoms with van der Waals surface area (Å²) in [6.45, 7) is 2.35. The van der Waals surface area contributed by atoms with Gasteiger partial charge in [-0.1, -0.05) is 25.5 Å². The van der Waals surface area contributed by atoms with E-state index in [1.165, 1.54) is 4.57 Å². The molecule has 0 fully saturated rings. The summed E-state index contributed by atoms with van der Waals surface area (Å²) < 4.78 is 1.37. The number of aryl methyl sites for hydroxylation is 1. The summed E-state index contributed by atoms with van der Waals surface area (Å²) in [5.41, 5.74) is 0.267. The van der Waals surface area contributed by atoms with Crippen LogP contribution in [0.5, 0.6) is 0 Å². The molecular formula is C19H16N4O3. The Morgan fingerprint density at radius 3 is 2.81 bits per heavy atom. The molecule has 0 aliphatic carbocycles. The molecule has 3 rings (SSSR count). The molecule has 130 valence electrons. The van der Waals surface area contributed by atoms with E-state index in [1.54, 1.807) is 42.6 Å². The second kappa shape index (κ2) is 7.15.